The molecule has 0 bridgehead atoms. The summed E-state index contributed by atoms with van der Waals surface area (Å²) in [4.78, 5) is 0. The third kappa shape index (κ3) is 3.21. The van der Waals surface area contributed by atoms with Gasteiger partial charge in [0.25, 0.3) is 0 Å². The quantitative estimate of drug-likeness (QED) is 0.661. The fourth-order valence-electron chi connectivity index (χ4n) is 2.78. The van der Waals surface area contributed by atoms with Crippen LogP contribution >= 0.6 is 0 Å². The van der Waals surface area contributed by atoms with E-state index in [0.29, 0.717) is 0 Å². The Bertz CT molecular complexity index is 370. The van der Waals surface area contributed by atoms with Gasteiger partial charge in [0.15, 0.2) is 0 Å². The zero-order valence-corrected chi connectivity index (χ0v) is 11.2. The van der Waals surface area contributed by atoms with Gasteiger partial charge in [0.1, 0.15) is 0 Å². The first kappa shape index (κ1) is 12.4. The molecule has 0 heterocycles. The number of allylic oxidation sites excluding steroid dienone is 2. The highest BCUT2D eigenvalue weighted by atomic mass is 14.2. The number of hydrogen-bond donors (Lipinski definition) is 0. The lowest BCUT2D eigenvalue weighted by atomic mass is 9.84. The number of benzene rings is 1. The Morgan fingerprint density at radius 1 is 1.12 bits per heavy atom. The topological polar surface area (TPSA) is 0 Å². The van der Waals surface area contributed by atoms with Crippen molar-refractivity contribution in [1.82, 2.24) is 0 Å². The second kappa shape index (κ2) is 6.05. The van der Waals surface area contributed by atoms with Crippen molar-refractivity contribution in [1.29, 1.82) is 0 Å². The van der Waals surface area contributed by atoms with Gasteiger partial charge in [-0.2, -0.15) is 0 Å². The monoisotopic (exact) mass is 228 g/mol. The maximum absolute atomic E-state index is 2.48. The van der Waals surface area contributed by atoms with Crippen LogP contribution in [0.5, 0.6) is 0 Å². The molecule has 0 aromatic heterocycles. The average molecular weight is 228 g/mol. The average Bonchev–Trinajstić information content (AvgIpc) is 2.40. The van der Waals surface area contributed by atoms with E-state index >= 15 is 0 Å². The van der Waals surface area contributed by atoms with Crippen molar-refractivity contribution >= 4 is 5.57 Å². The molecule has 0 aliphatic heterocycles. The molecule has 0 saturated carbocycles. The molecule has 17 heavy (non-hydrogen) atoms. The predicted molar refractivity (Wildman–Crippen MR) is 76.0 cm³/mol. The second-order valence-electron chi connectivity index (χ2n) is 5.21. The summed E-state index contributed by atoms with van der Waals surface area (Å²) in [6, 6.07) is 9.14. The molecule has 0 heteroatoms. The predicted octanol–water partition coefficient (Wildman–Crippen LogP) is 5.23. The molecule has 0 spiro atoms. The molecule has 1 unspecified atom stereocenters. The van der Waals surface area contributed by atoms with Gasteiger partial charge < -0.3 is 0 Å². The van der Waals surface area contributed by atoms with E-state index in [0.717, 1.165) is 12.3 Å². The van der Waals surface area contributed by atoms with Gasteiger partial charge in [0.2, 0.25) is 0 Å². The summed E-state index contributed by atoms with van der Waals surface area (Å²) in [5.74, 6) is 0.943. The van der Waals surface area contributed by atoms with E-state index in [9.17, 15) is 0 Å². The summed E-state index contributed by atoms with van der Waals surface area (Å²) >= 11 is 0. The maximum atomic E-state index is 2.48. The lowest BCUT2D eigenvalue weighted by Crippen LogP contribution is -2.05. The Balaban J connectivity index is 2.03. The molecule has 2 rings (SSSR count). The van der Waals surface area contributed by atoms with Crippen molar-refractivity contribution in [2.75, 3.05) is 0 Å². The lowest BCUT2D eigenvalue weighted by Gasteiger charge is -2.21. The highest BCUT2D eigenvalue weighted by molar-refractivity contribution is 5.66. The normalized spacial score (nSPS) is 20.1. The fourth-order valence-corrected chi connectivity index (χ4v) is 2.78. The van der Waals surface area contributed by atoms with E-state index < -0.39 is 0 Å². The van der Waals surface area contributed by atoms with Crippen LogP contribution in [0.3, 0.4) is 0 Å². The van der Waals surface area contributed by atoms with Crippen molar-refractivity contribution in [3.8, 4) is 0 Å². The minimum Gasteiger partial charge on any atom is -0.0804 e. The van der Waals surface area contributed by atoms with Gasteiger partial charge >= 0.3 is 0 Å². The SMILES string of the molecule is CCCC1CC=C(c2ccc(CC)cc2)CC1. The summed E-state index contributed by atoms with van der Waals surface area (Å²) in [6.45, 7) is 4.51. The standard InChI is InChI=1S/C17H24/c1-3-5-15-8-12-17(13-9-15)16-10-6-14(4-2)7-11-16/h6-7,10-12,15H,3-5,8-9,13H2,1-2H3. The highest BCUT2D eigenvalue weighted by Gasteiger charge is 2.14. The van der Waals surface area contributed by atoms with Crippen LogP contribution in [-0.4, -0.2) is 0 Å². The number of rotatable bonds is 4. The van der Waals surface area contributed by atoms with Gasteiger partial charge in [-0.15, -0.1) is 0 Å². The molecular formula is C17H24. The van der Waals surface area contributed by atoms with Gasteiger partial charge in [-0.25, -0.2) is 0 Å². The van der Waals surface area contributed by atoms with E-state index in [1.165, 1.54) is 43.2 Å². The molecule has 1 aliphatic rings. The van der Waals surface area contributed by atoms with Crippen molar-refractivity contribution < 1.29 is 0 Å². The van der Waals surface area contributed by atoms with E-state index in [2.05, 4.69) is 44.2 Å². The summed E-state index contributed by atoms with van der Waals surface area (Å²) in [5, 5.41) is 0. The van der Waals surface area contributed by atoms with Gasteiger partial charge in [-0.1, -0.05) is 57.0 Å². The Labute approximate surface area is 106 Å². The van der Waals surface area contributed by atoms with Crippen LogP contribution in [0, 0.1) is 5.92 Å². The number of hydrogen-bond acceptors (Lipinski definition) is 0. The molecule has 92 valence electrons. The molecule has 1 aromatic rings. The van der Waals surface area contributed by atoms with Crippen LogP contribution in [0.1, 0.15) is 57.1 Å². The summed E-state index contributed by atoms with van der Waals surface area (Å²) in [7, 11) is 0. The first-order valence-corrected chi connectivity index (χ1v) is 7.11. The van der Waals surface area contributed by atoms with Crippen molar-refractivity contribution in [2.24, 2.45) is 5.92 Å². The Hall–Kier alpha value is -1.04. The molecule has 1 aliphatic carbocycles. The van der Waals surface area contributed by atoms with Crippen LogP contribution < -0.4 is 0 Å². The fraction of sp³-hybridized carbons (Fsp3) is 0.529. The molecule has 0 nitrogen and oxygen atoms in total. The van der Waals surface area contributed by atoms with Crippen LogP contribution in [0.4, 0.5) is 0 Å². The molecule has 0 radical (unpaired) electrons. The van der Waals surface area contributed by atoms with Crippen molar-refractivity contribution in [3.63, 3.8) is 0 Å². The molecule has 1 atom stereocenters. The highest BCUT2D eigenvalue weighted by Crippen LogP contribution is 2.32. The Kier molecular flexibility index (Phi) is 4.42. The molecule has 1 aromatic carbocycles. The van der Waals surface area contributed by atoms with E-state index in [1.54, 1.807) is 5.57 Å². The van der Waals surface area contributed by atoms with Crippen LogP contribution in [0.2, 0.25) is 0 Å². The zero-order chi connectivity index (χ0) is 12.1. The van der Waals surface area contributed by atoms with Gasteiger partial charge in [0, 0.05) is 0 Å². The molecule has 0 fully saturated rings. The van der Waals surface area contributed by atoms with Crippen LogP contribution in [0.25, 0.3) is 5.57 Å². The smallest absolute Gasteiger partial charge is 0.0228 e. The summed E-state index contributed by atoms with van der Waals surface area (Å²) in [5.41, 5.74) is 4.45. The van der Waals surface area contributed by atoms with Gasteiger partial charge in [0.05, 0.1) is 0 Å². The third-order valence-electron chi connectivity index (χ3n) is 3.95. The van der Waals surface area contributed by atoms with E-state index in [4.69, 9.17) is 0 Å². The zero-order valence-electron chi connectivity index (χ0n) is 11.2. The van der Waals surface area contributed by atoms with Gasteiger partial charge in [-0.3, -0.25) is 0 Å². The second-order valence-corrected chi connectivity index (χ2v) is 5.21. The maximum Gasteiger partial charge on any atom is -0.0228 e. The van der Waals surface area contributed by atoms with Gasteiger partial charge in [-0.05, 0) is 48.3 Å². The van der Waals surface area contributed by atoms with Crippen molar-refractivity contribution in [2.45, 2.75) is 52.4 Å². The van der Waals surface area contributed by atoms with Crippen LogP contribution in [-0.2, 0) is 6.42 Å². The van der Waals surface area contributed by atoms with Crippen LogP contribution in [0.15, 0.2) is 30.3 Å². The minimum atomic E-state index is 0.943. The third-order valence-corrected chi connectivity index (χ3v) is 3.95. The lowest BCUT2D eigenvalue weighted by molar-refractivity contribution is 0.445. The van der Waals surface area contributed by atoms with E-state index in [-0.39, 0.29) is 0 Å². The van der Waals surface area contributed by atoms with E-state index in [1.807, 2.05) is 0 Å². The summed E-state index contributed by atoms with van der Waals surface area (Å²) < 4.78 is 0. The van der Waals surface area contributed by atoms with Crippen molar-refractivity contribution in [3.05, 3.63) is 41.5 Å². The first-order chi connectivity index (χ1) is 8.33. The summed E-state index contributed by atoms with van der Waals surface area (Å²) in [6.07, 6.45) is 10.3. The first-order valence-electron chi connectivity index (χ1n) is 7.11. The Morgan fingerprint density at radius 2 is 1.88 bits per heavy atom. The minimum absolute atomic E-state index is 0.943. The number of aryl methyl sites for hydroxylation is 1. The molecule has 0 amide bonds. The molecular weight excluding hydrogens is 204 g/mol. The Morgan fingerprint density at radius 3 is 2.41 bits per heavy atom. The largest absolute Gasteiger partial charge is 0.0804 e. The molecule has 0 N–H and O–H groups in total. The molecule has 0 saturated heterocycles.